The normalized spacial score (nSPS) is 22.4. The molecule has 0 aromatic carbocycles. The van der Waals surface area contributed by atoms with Crippen LogP contribution in [0.15, 0.2) is 4.52 Å². The van der Waals surface area contributed by atoms with Crippen LogP contribution in [0.3, 0.4) is 0 Å². The molecule has 0 amide bonds. The highest BCUT2D eigenvalue weighted by molar-refractivity contribution is 4.99. The minimum absolute atomic E-state index is 0.396. The molecular formula is C8H13N3O2. The number of methoxy groups -OCH3 is 1. The molecule has 5 nitrogen and oxygen atoms in total. The molecule has 13 heavy (non-hydrogen) atoms. The Bertz CT molecular complexity index is 268. The van der Waals surface area contributed by atoms with Crippen molar-refractivity contribution in [3.05, 3.63) is 11.7 Å². The quantitative estimate of drug-likeness (QED) is 0.730. The number of hydrogen-bond donors (Lipinski definition) is 1. The van der Waals surface area contributed by atoms with Gasteiger partial charge >= 0.3 is 0 Å². The Morgan fingerprint density at radius 1 is 1.69 bits per heavy atom. The Kier molecular flexibility index (Phi) is 2.56. The van der Waals surface area contributed by atoms with Crippen molar-refractivity contribution in [3.63, 3.8) is 0 Å². The van der Waals surface area contributed by atoms with Gasteiger partial charge in [-0.1, -0.05) is 5.16 Å². The highest BCUT2D eigenvalue weighted by Crippen LogP contribution is 2.18. The minimum Gasteiger partial charge on any atom is -0.375 e. The largest absolute Gasteiger partial charge is 0.375 e. The van der Waals surface area contributed by atoms with E-state index in [1.807, 2.05) is 0 Å². The van der Waals surface area contributed by atoms with Crippen LogP contribution in [0.25, 0.3) is 0 Å². The summed E-state index contributed by atoms with van der Waals surface area (Å²) >= 11 is 0. The second-order valence-corrected chi connectivity index (χ2v) is 3.17. The van der Waals surface area contributed by atoms with E-state index in [2.05, 4.69) is 15.5 Å². The monoisotopic (exact) mass is 183 g/mol. The van der Waals surface area contributed by atoms with Crippen molar-refractivity contribution >= 4 is 0 Å². The zero-order valence-electron chi connectivity index (χ0n) is 7.62. The molecule has 5 heteroatoms. The van der Waals surface area contributed by atoms with Crippen molar-refractivity contribution in [1.29, 1.82) is 0 Å². The zero-order chi connectivity index (χ0) is 9.10. The summed E-state index contributed by atoms with van der Waals surface area (Å²) in [5.74, 6) is 1.77. The van der Waals surface area contributed by atoms with Crippen LogP contribution in [0.5, 0.6) is 0 Å². The first-order valence-electron chi connectivity index (χ1n) is 4.42. The van der Waals surface area contributed by atoms with Gasteiger partial charge in [-0.2, -0.15) is 4.98 Å². The lowest BCUT2D eigenvalue weighted by molar-refractivity contribution is 0.151. The highest BCUT2D eigenvalue weighted by Gasteiger charge is 2.21. The van der Waals surface area contributed by atoms with Crippen LogP contribution in [0.4, 0.5) is 0 Å². The van der Waals surface area contributed by atoms with Crippen LogP contribution in [0.2, 0.25) is 0 Å². The molecule has 1 saturated heterocycles. The van der Waals surface area contributed by atoms with Crippen molar-refractivity contribution in [1.82, 2.24) is 15.5 Å². The van der Waals surface area contributed by atoms with Crippen molar-refractivity contribution in [2.45, 2.75) is 18.9 Å². The third-order valence-electron chi connectivity index (χ3n) is 2.18. The van der Waals surface area contributed by atoms with Gasteiger partial charge in [-0.15, -0.1) is 0 Å². The average molecular weight is 183 g/mol. The molecule has 2 rings (SSSR count). The molecule has 1 aromatic rings. The molecule has 72 valence electrons. The number of nitrogens with one attached hydrogen (secondary N) is 1. The summed E-state index contributed by atoms with van der Waals surface area (Å²) in [6.45, 7) is 2.39. The fraction of sp³-hybridized carbons (Fsp3) is 0.750. The van der Waals surface area contributed by atoms with E-state index in [9.17, 15) is 0 Å². The summed E-state index contributed by atoms with van der Waals surface area (Å²) in [5, 5.41) is 7.17. The van der Waals surface area contributed by atoms with E-state index in [0.29, 0.717) is 18.4 Å². The minimum atomic E-state index is 0.396. The molecule has 0 saturated carbocycles. The zero-order valence-corrected chi connectivity index (χ0v) is 7.62. The summed E-state index contributed by atoms with van der Waals surface area (Å²) in [6, 6.07) is 0. The summed E-state index contributed by atoms with van der Waals surface area (Å²) in [4.78, 5) is 4.24. The topological polar surface area (TPSA) is 60.2 Å². The molecule has 2 heterocycles. The van der Waals surface area contributed by atoms with Crippen LogP contribution < -0.4 is 5.32 Å². The second kappa shape index (κ2) is 3.85. The van der Waals surface area contributed by atoms with Gasteiger partial charge in [0.05, 0.1) is 0 Å². The fourth-order valence-electron chi connectivity index (χ4n) is 1.49. The first-order chi connectivity index (χ1) is 6.40. The van der Waals surface area contributed by atoms with Crippen molar-refractivity contribution in [3.8, 4) is 0 Å². The maximum absolute atomic E-state index is 5.00. The van der Waals surface area contributed by atoms with E-state index in [1.54, 1.807) is 7.11 Å². The van der Waals surface area contributed by atoms with E-state index < -0.39 is 0 Å². The summed E-state index contributed by atoms with van der Waals surface area (Å²) in [6.07, 6.45) is 1.09. The molecule has 1 aliphatic heterocycles. The molecule has 0 bridgehead atoms. The van der Waals surface area contributed by atoms with Gasteiger partial charge in [0.2, 0.25) is 0 Å². The molecule has 1 fully saturated rings. The lowest BCUT2D eigenvalue weighted by atomic mass is 10.1. The summed E-state index contributed by atoms with van der Waals surface area (Å²) in [5.41, 5.74) is 0. The van der Waals surface area contributed by atoms with Gasteiger partial charge in [0, 0.05) is 19.6 Å². The van der Waals surface area contributed by atoms with Crippen LogP contribution in [0, 0.1) is 0 Å². The summed E-state index contributed by atoms with van der Waals surface area (Å²) < 4.78 is 9.90. The van der Waals surface area contributed by atoms with Crippen molar-refractivity contribution in [2.24, 2.45) is 0 Å². The Hall–Kier alpha value is -0.940. The van der Waals surface area contributed by atoms with Gasteiger partial charge in [-0.25, -0.2) is 0 Å². The number of aromatic nitrogens is 2. The Morgan fingerprint density at radius 3 is 3.31 bits per heavy atom. The molecule has 1 atom stereocenters. The average Bonchev–Trinajstić information content (AvgIpc) is 2.70. The molecule has 0 aliphatic carbocycles. The summed E-state index contributed by atoms with van der Waals surface area (Å²) in [7, 11) is 1.61. The predicted octanol–water partition coefficient (Wildman–Crippen LogP) is 0.293. The van der Waals surface area contributed by atoms with Crippen LogP contribution in [-0.4, -0.2) is 30.3 Å². The molecule has 0 radical (unpaired) electrons. The van der Waals surface area contributed by atoms with Gasteiger partial charge in [0.25, 0.3) is 5.89 Å². The molecule has 0 spiro atoms. The molecular weight excluding hydrogens is 170 g/mol. The van der Waals surface area contributed by atoms with Crippen LogP contribution in [0.1, 0.15) is 24.1 Å². The van der Waals surface area contributed by atoms with Crippen molar-refractivity contribution < 1.29 is 9.26 Å². The van der Waals surface area contributed by atoms with Crippen molar-refractivity contribution in [2.75, 3.05) is 20.2 Å². The first-order valence-corrected chi connectivity index (χ1v) is 4.42. The van der Waals surface area contributed by atoms with Crippen LogP contribution >= 0.6 is 0 Å². The molecule has 1 aromatic heterocycles. The van der Waals surface area contributed by atoms with Gasteiger partial charge in [0.1, 0.15) is 6.61 Å². The number of rotatable bonds is 3. The standard InChI is InChI=1S/C8H13N3O2/c1-12-5-7-10-8(11-13-7)6-2-3-9-4-6/h6,9H,2-5H2,1H3/t6-/m0/s1. The maximum atomic E-state index is 5.00. The van der Waals surface area contributed by atoms with E-state index in [1.165, 1.54) is 0 Å². The Balaban J connectivity index is 2.03. The SMILES string of the molecule is COCc1nc([C@H]2CCNC2)no1. The molecule has 1 aliphatic rings. The smallest absolute Gasteiger partial charge is 0.252 e. The lowest BCUT2D eigenvalue weighted by Crippen LogP contribution is -2.08. The predicted molar refractivity (Wildman–Crippen MR) is 45.2 cm³/mol. The molecule has 0 unspecified atom stereocenters. The van der Waals surface area contributed by atoms with E-state index >= 15 is 0 Å². The highest BCUT2D eigenvalue weighted by atomic mass is 16.5. The van der Waals surface area contributed by atoms with E-state index in [-0.39, 0.29) is 0 Å². The van der Waals surface area contributed by atoms with Gasteiger partial charge in [0.15, 0.2) is 5.82 Å². The first kappa shape index (κ1) is 8.65. The maximum Gasteiger partial charge on any atom is 0.252 e. The lowest BCUT2D eigenvalue weighted by Gasteiger charge is -1.98. The van der Waals surface area contributed by atoms with Gasteiger partial charge < -0.3 is 14.6 Å². The van der Waals surface area contributed by atoms with E-state index in [0.717, 1.165) is 25.3 Å². The van der Waals surface area contributed by atoms with Gasteiger partial charge in [-0.05, 0) is 13.0 Å². The fourth-order valence-corrected chi connectivity index (χ4v) is 1.49. The Morgan fingerprint density at radius 2 is 2.62 bits per heavy atom. The third kappa shape index (κ3) is 1.87. The molecule has 1 N–H and O–H groups in total. The number of nitrogens with zero attached hydrogens (tertiary/aromatic N) is 2. The second-order valence-electron chi connectivity index (χ2n) is 3.17. The van der Waals surface area contributed by atoms with Crippen LogP contribution in [-0.2, 0) is 11.3 Å². The number of ether oxygens (including phenoxy) is 1. The third-order valence-corrected chi connectivity index (χ3v) is 2.18. The number of hydrogen-bond acceptors (Lipinski definition) is 5. The van der Waals surface area contributed by atoms with E-state index in [4.69, 9.17) is 9.26 Å². The van der Waals surface area contributed by atoms with Gasteiger partial charge in [-0.3, -0.25) is 0 Å². The Labute approximate surface area is 76.5 Å².